The van der Waals surface area contributed by atoms with Gasteiger partial charge in [-0.05, 0) is 26.7 Å². The van der Waals surface area contributed by atoms with Crippen molar-refractivity contribution in [2.45, 2.75) is 45.8 Å². The highest BCUT2D eigenvalue weighted by Crippen LogP contribution is 2.21. The summed E-state index contributed by atoms with van der Waals surface area (Å²) in [5, 5.41) is 0. The summed E-state index contributed by atoms with van der Waals surface area (Å²) < 4.78 is 10.7. The third-order valence-corrected chi connectivity index (χ3v) is 2.61. The Morgan fingerprint density at radius 1 is 1.43 bits per heavy atom. The number of Topliss-reactive ketones (excluding diaryl/α,β-unsaturated/α-hetero) is 1. The van der Waals surface area contributed by atoms with E-state index in [9.17, 15) is 4.79 Å². The predicted molar refractivity (Wildman–Crippen MR) is 54.0 cm³/mol. The molecule has 1 aliphatic carbocycles. The number of hydrogen-bond donors (Lipinski definition) is 0. The zero-order valence-corrected chi connectivity index (χ0v) is 9.12. The van der Waals surface area contributed by atoms with Crippen LogP contribution >= 0.6 is 0 Å². The Morgan fingerprint density at radius 3 is 2.86 bits per heavy atom. The number of carbonyl (C=O) groups is 1. The summed E-state index contributed by atoms with van der Waals surface area (Å²) in [6, 6.07) is 0. The molecule has 0 N–H and O–H groups in total. The second kappa shape index (κ2) is 6.14. The smallest absolute Gasteiger partial charge is 0.154 e. The van der Waals surface area contributed by atoms with E-state index in [1.807, 2.05) is 13.8 Å². The molecular weight excluding hydrogens is 180 g/mol. The Balaban J connectivity index is 2.19. The first-order chi connectivity index (χ1) is 6.74. The van der Waals surface area contributed by atoms with Gasteiger partial charge in [0.05, 0.1) is 6.61 Å². The summed E-state index contributed by atoms with van der Waals surface area (Å²) in [6.45, 7) is 4.99. The van der Waals surface area contributed by atoms with Crippen LogP contribution < -0.4 is 0 Å². The third kappa shape index (κ3) is 3.76. The van der Waals surface area contributed by atoms with Gasteiger partial charge in [0.1, 0.15) is 5.78 Å². The van der Waals surface area contributed by atoms with Crippen LogP contribution in [0.4, 0.5) is 0 Å². The molecular formula is C11H20O3. The van der Waals surface area contributed by atoms with Crippen LogP contribution in [-0.2, 0) is 14.3 Å². The minimum Gasteiger partial charge on any atom is -0.353 e. The second-order valence-electron chi connectivity index (χ2n) is 3.77. The molecule has 0 aromatic carbocycles. The molecule has 1 rings (SSSR count). The van der Waals surface area contributed by atoms with Crippen molar-refractivity contribution in [1.29, 1.82) is 0 Å². The molecule has 82 valence electrons. The zero-order chi connectivity index (χ0) is 10.4. The van der Waals surface area contributed by atoms with Crippen LogP contribution in [0.5, 0.6) is 0 Å². The van der Waals surface area contributed by atoms with Gasteiger partial charge in [0, 0.05) is 18.9 Å². The molecule has 14 heavy (non-hydrogen) atoms. The normalized spacial score (nSPS) is 25.0. The van der Waals surface area contributed by atoms with E-state index in [0.29, 0.717) is 19.0 Å². The van der Waals surface area contributed by atoms with Crippen molar-refractivity contribution >= 4 is 5.78 Å². The van der Waals surface area contributed by atoms with Crippen molar-refractivity contribution in [3.63, 3.8) is 0 Å². The van der Waals surface area contributed by atoms with E-state index in [2.05, 4.69) is 0 Å². The van der Waals surface area contributed by atoms with Crippen LogP contribution in [0, 0.1) is 5.92 Å². The Kier molecular flexibility index (Phi) is 5.12. The average molecular weight is 200 g/mol. The highest BCUT2D eigenvalue weighted by Gasteiger charge is 2.22. The van der Waals surface area contributed by atoms with Gasteiger partial charge in [0.25, 0.3) is 0 Å². The predicted octanol–water partition coefficient (Wildman–Crippen LogP) is 2.14. The van der Waals surface area contributed by atoms with Crippen molar-refractivity contribution in [2.75, 3.05) is 13.2 Å². The van der Waals surface area contributed by atoms with Crippen LogP contribution in [0.15, 0.2) is 0 Å². The minimum absolute atomic E-state index is 0.117. The quantitative estimate of drug-likeness (QED) is 0.638. The van der Waals surface area contributed by atoms with Crippen LogP contribution in [-0.4, -0.2) is 25.3 Å². The molecule has 2 atom stereocenters. The van der Waals surface area contributed by atoms with Gasteiger partial charge in [-0.3, -0.25) is 4.79 Å². The molecule has 0 aromatic heterocycles. The molecule has 0 saturated heterocycles. The summed E-state index contributed by atoms with van der Waals surface area (Å²) >= 11 is 0. The monoisotopic (exact) mass is 200 g/mol. The van der Waals surface area contributed by atoms with Crippen molar-refractivity contribution in [3.8, 4) is 0 Å². The van der Waals surface area contributed by atoms with Gasteiger partial charge in [-0.15, -0.1) is 0 Å². The molecule has 0 bridgehead atoms. The lowest BCUT2D eigenvalue weighted by Crippen LogP contribution is -2.26. The van der Waals surface area contributed by atoms with Crippen molar-refractivity contribution < 1.29 is 14.3 Å². The van der Waals surface area contributed by atoms with E-state index in [1.54, 1.807) is 0 Å². The van der Waals surface area contributed by atoms with Crippen LogP contribution in [0.2, 0.25) is 0 Å². The van der Waals surface area contributed by atoms with Crippen molar-refractivity contribution in [3.05, 3.63) is 0 Å². The fourth-order valence-corrected chi connectivity index (χ4v) is 1.77. The molecule has 3 heteroatoms. The van der Waals surface area contributed by atoms with E-state index < -0.39 is 0 Å². The van der Waals surface area contributed by atoms with E-state index in [-0.39, 0.29) is 12.2 Å². The van der Waals surface area contributed by atoms with E-state index in [0.717, 1.165) is 25.7 Å². The highest BCUT2D eigenvalue weighted by atomic mass is 16.7. The Morgan fingerprint density at radius 2 is 2.21 bits per heavy atom. The first-order valence-corrected chi connectivity index (χ1v) is 5.50. The maximum atomic E-state index is 11.4. The number of carbonyl (C=O) groups excluding carboxylic acids is 1. The molecule has 1 fully saturated rings. The first kappa shape index (κ1) is 11.7. The number of ketones is 1. The lowest BCUT2D eigenvalue weighted by molar-refractivity contribution is -0.147. The molecule has 0 aromatic rings. The lowest BCUT2D eigenvalue weighted by Gasteiger charge is -2.22. The molecule has 0 aliphatic heterocycles. The maximum absolute atomic E-state index is 11.4. The van der Waals surface area contributed by atoms with Gasteiger partial charge in [0.2, 0.25) is 0 Å². The molecule has 1 aliphatic rings. The second-order valence-corrected chi connectivity index (χ2v) is 3.77. The summed E-state index contributed by atoms with van der Waals surface area (Å²) in [5.41, 5.74) is 0. The summed E-state index contributed by atoms with van der Waals surface area (Å²) in [6.07, 6.45) is 3.74. The molecule has 0 heterocycles. The van der Waals surface area contributed by atoms with Gasteiger partial charge in [-0.25, -0.2) is 0 Å². The van der Waals surface area contributed by atoms with E-state index in [4.69, 9.17) is 9.47 Å². The van der Waals surface area contributed by atoms with Gasteiger partial charge in [0.15, 0.2) is 6.29 Å². The SMILES string of the molecule is CCOC(C)OCC1CCCCC1=O. The number of hydrogen-bond acceptors (Lipinski definition) is 3. The number of rotatable bonds is 5. The van der Waals surface area contributed by atoms with E-state index in [1.165, 1.54) is 0 Å². The molecule has 3 nitrogen and oxygen atoms in total. The van der Waals surface area contributed by atoms with Crippen molar-refractivity contribution in [2.24, 2.45) is 5.92 Å². The Hall–Kier alpha value is -0.410. The highest BCUT2D eigenvalue weighted by molar-refractivity contribution is 5.81. The fraction of sp³-hybridized carbons (Fsp3) is 0.909. The minimum atomic E-state index is -0.185. The summed E-state index contributed by atoms with van der Waals surface area (Å²) in [5.74, 6) is 0.478. The third-order valence-electron chi connectivity index (χ3n) is 2.61. The summed E-state index contributed by atoms with van der Waals surface area (Å²) in [4.78, 5) is 11.4. The Bertz CT molecular complexity index is 179. The molecule has 2 unspecified atom stereocenters. The van der Waals surface area contributed by atoms with Gasteiger partial charge < -0.3 is 9.47 Å². The molecule has 0 amide bonds. The van der Waals surface area contributed by atoms with E-state index >= 15 is 0 Å². The van der Waals surface area contributed by atoms with Gasteiger partial charge >= 0.3 is 0 Å². The molecule has 0 radical (unpaired) electrons. The molecule has 0 spiro atoms. The first-order valence-electron chi connectivity index (χ1n) is 5.50. The average Bonchev–Trinajstić information content (AvgIpc) is 2.17. The van der Waals surface area contributed by atoms with Crippen LogP contribution in [0.3, 0.4) is 0 Å². The Labute approximate surface area is 85.8 Å². The summed E-state index contributed by atoms with van der Waals surface area (Å²) in [7, 11) is 0. The lowest BCUT2D eigenvalue weighted by atomic mass is 9.89. The molecule has 1 saturated carbocycles. The van der Waals surface area contributed by atoms with Crippen LogP contribution in [0.25, 0.3) is 0 Å². The zero-order valence-electron chi connectivity index (χ0n) is 9.12. The van der Waals surface area contributed by atoms with Crippen molar-refractivity contribution in [1.82, 2.24) is 0 Å². The van der Waals surface area contributed by atoms with Gasteiger partial charge in [-0.1, -0.05) is 6.42 Å². The van der Waals surface area contributed by atoms with Gasteiger partial charge in [-0.2, -0.15) is 0 Å². The maximum Gasteiger partial charge on any atom is 0.154 e. The standard InChI is InChI=1S/C11H20O3/c1-3-13-9(2)14-8-10-6-4-5-7-11(10)12/h9-10H,3-8H2,1-2H3. The topological polar surface area (TPSA) is 35.5 Å². The number of ether oxygens (including phenoxy) is 2. The fourth-order valence-electron chi connectivity index (χ4n) is 1.77. The van der Waals surface area contributed by atoms with Crippen LogP contribution in [0.1, 0.15) is 39.5 Å². The largest absolute Gasteiger partial charge is 0.353 e.